The summed E-state index contributed by atoms with van der Waals surface area (Å²) in [6.07, 6.45) is 0.756. The molecule has 0 saturated heterocycles. The third-order valence-electron chi connectivity index (χ3n) is 2.99. The fraction of sp³-hybridized carbons (Fsp3) is 0.286. The van der Waals surface area contributed by atoms with Gasteiger partial charge in [-0.25, -0.2) is 4.39 Å². The highest BCUT2D eigenvalue weighted by Crippen LogP contribution is 2.20. The minimum absolute atomic E-state index is 0.191. The van der Waals surface area contributed by atoms with Crippen molar-refractivity contribution in [3.8, 4) is 0 Å². The average molecular weight is 276 g/mol. The number of hydrogen-bond donors (Lipinski definition) is 2. The van der Waals surface area contributed by atoms with Crippen molar-refractivity contribution in [1.29, 1.82) is 0 Å². The number of aryl methyl sites for hydroxylation is 2. The minimum atomic E-state index is -0.438. The van der Waals surface area contributed by atoms with Crippen LogP contribution in [0.25, 0.3) is 0 Å². The van der Waals surface area contributed by atoms with Crippen LogP contribution in [-0.4, -0.2) is 15.7 Å². The van der Waals surface area contributed by atoms with Crippen LogP contribution in [0.4, 0.5) is 15.8 Å². The third kappa shape index (κ3) is 2.79. The molecule has 106 valence electrons. The summed E-state index contributed by atoms with van der Waals surface area (Å²) >= 11 is 0. The molecule has 0 atom stereocenters. The van der Waals surface area contributed by atoms with Gasteiger partial charge in [-0.05, 0) is 37.6 Å². The van der Waals surface area contributed by atoms with Gasteiger partial charge in [0, 0.05) is 6.54 Å². The van der Waals surface area contributed by atoms with Crippen LogP contribution in [0.1, 0.15) is 30.0 Å². The normalized spacial score (nSPS) is 10.6. The van der Waals surface area contributed by atoms with Crippen molar-refractivity contribution in [3.63, 3.8) is 0 Å². The molecule has 20 heavy (non-hydrogen) atoms. The first-order valence-corrected chi connectivity index (χ1v) is 6.48. The zero-order valence-electron chi connectivity index (χ0n) is 11.5. The molecule has 2 aromatic rings. The lowest BCUT2D eigenvalue weighted by atomic mass is 10.2. The number of nitrogens with two attached hydrogens (primary N) is 1. The Morgan fingerprint density at radius 3 is 2.75 bits per heavy atom. The molecule has 5 nitrogen and oxygen atoms in total. The van der Waals surface area contributed by atoms with E-state index in [1.54, 1.807) is 10.7 Å². The number of nitrogens with zero attached hydrogens (tertiary/aromatic N) is 2. The van der Waals surface area contributed by atoms with Crippen molar-refractivity contribution < 1.29 is 9.18 Å². The van der Waals surface area contributed by atoms with E-state index in [0.717, 1.165) is 12.1 Å². The summed E-state index contributed by atoms with van der Waals surface area (Å²) in [6.45, 7) is 4.49. The smallest absolute Gasteiger partial charge is 0.273 e. The van der Waals surface area contributed by atoms with Gasteiger partial charge in [0.2, 0.25) is 0 Å². The number of carbonyl (C=O) groups is 1. The topological polar surface area (TPSA) is 72.9 Å². The quantitative estimate of drug-likeness (QED) is 0.842. The lowest BCUT2D eigenvalue weighted by Gasteiger charge is -2.09. The molecule has 1 aromatic carbocycles. The van der Waals surface area contributed by atoms with Crippen LogP contribution in [0.5, 0.6) is 0 Å². The Morgan fingerprint density at radius 2 is 2.15 bits per heavy atom. The van der Waals surface area contributed by atoms with E-state index in [0.29, 0.717) is 17.9 Å². The first-order chi connectivity index (χ1) is 9.55. The van der Waals surface area contributed by atoms with Crippen molar-refractivity contribution >= 4 is 17.3 Å². The zero-order chi connectivity index (χ0) is 14.7. The number of anilines is 2. The summed E-state index contributed by atoms with van der Waals surface area (Å²) in [4.78, 5) is 12.2. The maximum absolute atomic E-state index is 13.0. The number of aromatic nitrogens is 2. The molecule has 0 radical (unpaired) electrons. The van der Waals surface area contributed by atoms with Crippen molar-refractivity contribution in [3.05, 3.63) is 41.5 Å². The highest BCUT2D eigenvalue weighted by atomic mass is 19.1. The van der Waals surface area contributed by atoms with Gasteiger partial charge in [-0.15, -0.1) is 0 Å². The predicted octanol–water partition coefficient (Wildman–Crippen LogP) is 2.44. The van der Waals surface area contributed by atoms with E-state index in [4.69, 9.17) is 5.73 Å². The first kappa shape index (κ1) is 14.0. The number of carbonyl (C=O) groups excluding carboxylic acids is 1. The maximum Gasteiger partial charge on any atom is 0.273 e. The number of nitrogens with one attached hydrogen (secondary N) is 1. The summed E-state index contributed by atoms with van der Waals surface area (Å²) in [5.41, 5.74) is 7.57. The number of benzene rings is 1. The Morgan fingerprint density at radius 1 is 1.40 bits per heavy atom. The summed E-state index contributed by atoms with van der Waals surface area (Å²) in [6, 6.07) is 5.61. The fourth-order valence-electron chi connectivity index (χ4n) is 1.90. The molecule has 0 aliphatic heterocycles. The Balaban J connectivity index is 2.25. The second-order valence-corrected chi connectivity index (χ2v) is 4.38. The number of rotatable bonds is 4. The molecule has 0 spiro atoms. The Bertz CT molecular complexity index is 636. The van der Waals surface area contributed by atoms with Crippen LogP contribution in [0.2, 0.25) is 0 Å². The van der Waals surface area contributed by atoms with Crippen LogP contribution in [0, 0.1) is 5.82 Å². The van der Waals surface area contributed by atoms with Crippen LogP contribution < -0.4 is 11.1 Å². The van der Waals surface area contributed by atoms with Crippen LogP contribution >= 0.6 is 0 Å². The van der Waals surface area contributed by atoms with Gasteiger partial charge in [-0.2, -0.15) is 5.10 Å². The van der Waals surface area contributed by atoms with Crippen LogP contribution in [-0.2, 0) is 13.0 Å². The van der Waals surface area contributed by atoms with E-state index in [-0.39, 0.29) is 11.6 Å². The monoisotopic (exact) mass is 276 g/mol. The highest BCUT2D eigenvalue weighted by molar-refractivity contribution is 6.04. The maximum atomic E-state index is 13.0. The second kappa shape index (κ2) is 5.73. The van der Waals surface area contributed by atoms with Crippen LogP contribution in [0.15, 0.2) is 24.3 Å². The molecule has 0 bridgehead atoms. The number of nitrogen functional groups attached to an aromatic ring is 1. The highest BCUT2D eigenvalue weighted by Gasteiger charge is 2.15. The van der Waals surface area contributed by atoms with E-state index in [9.17, 15) is 9.18 Å². The molecule has 0 unspecified atom stereocenters. The largest absolute Gasteiger partial charge is 0.397 e. The molecule has 1 amide bonds. The van der Waals surface area contributed by atoms with Gasteiger partial charge in [0.25, 0.3) is 5.91 Å². The molecule has 0 saturated carbocycles. The first-order valence-electron chi connectivity index (χ1n) is 6.48. The van der Waals surface area contributed by atoms with Gasteiger partial charge in [0.1, 0.15) is 11.5 Å². The lowest BCUT2D eigenvalue weighted by Crippen LogP contribution is -2.18. The van der Waals surface area contributed by atoms with Crippen molar-refractivity contribution in [2.75, 3.05) is 11.1 Å². The van der Waals surface area contributed by atoms with E-state index in [1.807, 2.05) is 13.8 Å². The van der Waals surface area contributed by atoms with Gasteiger partial charge in [0.15, 0.2) is 0 Å². The fourth-order valence-corrected chi connectivity index (χ4v) is 1.90. The van der Waals surface area contributed by atoms with Crippen LogP contribution in [0.3, 0.4) is 0 Å². The van der Waals surface area contributed by atoms with E-state index >= 15 is 0 Å². The minimum Gasteiger partial charge on any atom is -0.397 e. The lowest BCUT2D eigenvalue weighted by molar-refractivity contribution is 0.101. The molecule has 1 heterocycles. The summed E-state index contributed by atoms with van der Waals surface area (Å²) in [7, 11) is 0. The molecule has 1 aromatic heterocycles. The molecule has 0 fully saturated rings. The molecule has 6 heteroatoms. The van der Waals surface area contributed by atoms with E-state index < -0.39 is 5.82 Å². The van der Waals surface area contributed by atoms with E-state index in [2.05, 4.69) is 10.4 Å². The van der Waals surface area contributed by atoms with Gasteiger partial charge in [0.05, 0.1) is 17.1 Å². The molecular weight excluding hydrogens is 259 g/mol. The van der Waals surface area contributed by atoms with Gasteiger partial charge in [-0.1, -0.05) is 6.92 Å². The van der Waals surface area contributed by atoms with E-state index in [1.165, 1.54) is 18.2 Å². The summed E-state index contributed by atoms with van der Waals surface area (Å²) < 4.78 is 14.6. The number of halogens is 1. The Hall–Kier alpha value is -2.37. The van der Waals surface area contributed by atoms with Crippen molar-refractivity contribution in [1.82, 2.24) is 9.78 Å². The molecule has 0 aliphatic rings. The molecule has 2 rings (SSSR count). The number of hydrogen-bond acceptors (Lipinski definition) is 3. The van der Waals surface area contributed by atoms with Gasteiger partial charge < -0.3 is 11.1 Å². The average Bonchev–Trinajstić information content (AvgIpc) is 2.85. The second-order valence-electron chi connectivity index (χ2n) is 4.38. The van der Waals surface area contributed by atoms with Crippen molar-refractivity contribution in [2.45, 2.75) is 26.8 Å². The Labute approximate surface area is 116 Å². The predicted molar refractivity (Wildman–Crippen MR) is 76.0 cm³/mol. The number of amides is 1. The SMILES string of the molecule is CCc1cc(C(=O)Nc2ccc(F)cc2N)n(CC)n1. The standard InChI is InChI=1S/C14H17FN4O/c1-3-10-8-13(19(4-2)18-10)14(20)17-12-6-5-9(15)7-11(12)16/h5-8H,3-4,16H2,1-2H3,(H,17,20). The summed E-state index contributed by atoms with van der Waals surface area (Å²) in [5, 5.41) is 6.99. The molecule has 3 N–H and O–H groups in total. The van der Waals surface area contributed by atoms with Gasteiger partial charge >= 0.3 is 0 Å². The zero-order valence-corrected chi connectivity index (χ0v) is 11.5. The molecular formula is C14H17FN4O. The van der Waals surface area contributed by atoms with Crippen molar-refractivity contribution in [2.24, 2.45) is 0 Å². The summed E-state index contributed by atoms with van der Waals surface area (Å²) in [5.74, 6) is -0.746. The van der Waals surface area contributed by atoms with Gasteiger partial charge in [-0.3, -0.25) is 9.48 Å². The Kier molecular flexibility index (Phi) is 4.02. The molecule has 0 aliphatic carbocycles. The third-order valence-corrected chi connectivity index (χ3v) is 2.99.